The Morgan fingerprint density at radius 3 is 2.93 bits per heavy atom. The van der Waals surface area contributed by atoms with Crippen molar-refractivity contribution in [2.45, 2.75) is 0 Å². The molecule has 2 aromatic heterocycles. The Morgan fingerprint density at radius 2 is 2.27 bits per heavy atom. The third kappa shape index (κ3) is 2.13. The number of rotatable bonds is 2. The van der Waals surface area contributed by atoms with E-state index in [-0.39, 0.29) is 22.9 Å². The molecule has 8 heteroatoms. The van der Waals surface area contributed by atoms with E-state index in [1.54, 1.807) is 7.05 Å². The number of hydrogen-bond acceptors (Lipinski definition) is 6. The number of anilines is 1. The van der Waals surface area contributed by atoms with Crippen molar-refractivity contribution in [1.29, 1.82) is 0 Å². The lowest BCUT2D eigenvalue weighted by Gasteiger charge is -2.01. The van der Waals surface area contributed by atoms with Gasteiger partial charge in [-0.2, -0.15) is 9.97 Å². The van der Waals surface area contributed by atoms with Crippen LogP contribution in [-0.4, -0.2) is 24.7 Å². The zero-order valence-electron chi connectivity index (χ0n) is 7.75. The minimum atomic E-state index is 0.0744. The van der Waals surface area contributed by atoms with E-state index in [0.29, 0.717) is 0 Å². The Bertz CT molecular complexity index is 484. The first kappa shape index (κ1) is 9.66. The van der Waals surface area contributed by atoms with Crippen LogP contribution in [0.3, 0.4) is 0 Å². The lowest BCUT2D eigenvalue weighted by Crippen LogP contribution is -1.98. The van der Waals surface area contributed by atoms with Gasteiger partial charge in [-0.15, -0.1) is 5.10 Å². The Balaban J connectivity index is 2.27. The summed E-state index contributed by atoms with van der Waals surface area (Å²) in [5, 5.41) is 4.15. The molecule has 0 spiro atoms. The molecule has 0 aliphatic heterocycles. The highest BCUT2D eigenvalue weighted by atomic mass is 35.5. The fourth-order valence-corrected chi connectivity index (χ4v) is 1.02. The third-order valence-corrected chi connectivity index (χ3v) is 1.76. The highest BCUT2D eigenvalue weighted by Crippen LogP contribution is 2.24. The summed E-state index contributed by atoms with van der Waals surface area (Å²) in [6, 6.07) is 0.150. The summed E-state index contributed by atoms with van der Waals surface area (Å²) in [5.74, 6) is 0.209. The number of hydrogen-bond donors (Lipinski definition) is 1. The van der Waals surface area contributed by atoms with E-state index in [9.17, 15) is 0 Å². The highest BCUT2D eigenvalue weighted by Gasteiger charge is 2.08. The van der Waals surface area contributed by atoms with Crippen LogP contribution in [0.2, 0.25) is 5.02 Å². The van der Waals surface area contributed by atoms with Gasteiger partial charge in [0.2, 0.25) is 11.8 Å². The van der Waals surface area contributed by atoms with Crippen LogP contribution in [0.15, 0.2) is 12.5 Å². The molecule has 0 aliphatic carbocycles. The van der Waals surface area contributed by atoms with Crippen LogP contribution in [0.5, 0.6) is 11.9 Å². The monoisotopic (exact) mass is 226 g/mol. The van der Waals surface area contributed by atoms with E-state index >= 15 is 0 Å². The van der Waals surface area contributed by atoms with Gasteiger partial charge >= 0.3 is 6.01 Å². The molecule has 0 unspecified atom stereocenters. The molecule has 78 valence electrons. The maximum atomic E-state index is 5.79. The van der Waals surface area contributed by atoms with Crippen molar-refractivity contribution < 1.29 is 4.74 Å². The quantitative estimate of drug-likeness (QED) is 0.808. The fraction of sp³-hybridized carbons (Fsp3) is 0.143. The Morgan fingerprint density at radius 1 is 1.47 bits per heavy atom. The van der Waals surface area contributed by atoms with Gasteiger partial charge in [0.25, 0.3) is 0 Å². The standard InChI is InChI=1S/C7H7ClN6O/c1-14-3-11-7(13-14)15-5-4(8)2-10-6(9)12-5/h2-3H,1H3,(H2,9,10,12). The zero-order valence-corrected chi connectivity index (χ0v) is 8.51. The molecule has 0 radical (unpaired) electrons. The first-order valence-electron chi connectivity index (χ1n) is 3.96. The van der Waals surface area contributed by atoms with Crippen LogP contribution in [0.1, 0.15) is 0 Å². The molecule has 0 bridgehead atoms. The summed E-state index contributed by atoms with van der Waals surface area (Å²) in [4.78, 5) is 11.3. The second-order valence-corrected chi connectivity index (χ2v) is 3.09. The maximum Gasteiger partial charge on any atom is 0.342 e. The normalized spacial score (nSPS) is 10.3. The largest absolute Gasteiger partial charge is 0.402 e. The zero-order chi connectivity index (χ0) is 10.8. The van der Waals surface area contributed by atoms with Crippen molar-refractivity contribution in [3.8, 4) is 11.9 Å². The van der Waals surface area contributed by atoms with E-state index in [2.05, 4.69) is 20.1 Å². The second kappa shape index (κ2) is 3.70. The molecular formula is C7H7ClN6O. The maximum absolute atomic E-state index is 5.79. The van der Waals surface area contributed by atoms with Gasteiger partial charge in [0.1, 0.15) is 11.3 Å². The minimum absolute atomic E-state index is 0.0744. The molecule has 0 fully saturated rings. The number of aromatic nitrogens is 5. The Labute approximate surface area is 89.9 Å². The summed E-state index contributed by atoms with van der Waals surface area (Å²) in [6.07, 6.45) is 2.84. The van der Waals surface area contributed by atoms with E-state index in [0.717, 1.165) is 0 Å². The number of nitrogen functional groups attached to an aromatic ring is 1. The van der Waals surface area contributed by atoms with Crippen molar-refractivity contribution in [3.63, 3.8) is 0 Å². The van der Waals surface area contributed by atoms with Crippen LogP contribution < -0.4 is 10.5 Å². The van der Waals surface area contributed by atoms with Gasteiger partial charge in [-0.25, -0.2) is 4.98 Å². The SMILES string of the molecule is Cn1cnc(Oc2nc(N)ncc2Cl)n1. The summed E-state index contributed by atoms with van der Waals surface area (Å²) < 4.78 is 6.70. The van der Waals surface area contributed by atoms with Crippen molar-refractivity contribution in [2.24, 2.45) is 7.05 Å². The van der Waals surface area contributed by atoms with E-state index in [4.69, 9.17) is 22.1 Å². The molecule has 0 atom stereocenters. The first-order valence-corrected chi connectivity index (χ1v) is 4.34. The first-order chi connectivity index (χ1) is 7.15. The molecule has 0 aromatic carbocycles. The molecule has 0 amide bonds. The van der Waals surface area contributed by atoms with Crippen molar-refractivity contribution >= 4 is 17.5 Å². The summed E-state index contributed by atoms with van der Waals surface area (Å²) in [7, 11) is 1.72. The van der Waals surface area contributed by atoms with Gasteiger partial charge in [-0.05, 0) is 0 Å². The molecule has 0 aliphatic rings. The van der Waals surface area contributed by atoms with Crippen LogP contribution in [0.25, 0.3) is 0 Å². The predicted molar refractivity (Wildman–Crippen MR) is 52.5 cm³/mol. The van der Waals surface area contributed by atoms with E-state index in [1.165, 1.54) is 17.2 Å². The summed E-state index contributed by atoms with van der Waals surface area (Å²) >= 11 is 5.79. The number of halogens is 1. The van der Waals surface area contributed by atoms with Crippen LogP contribution in [0, 0.1) is 0 Å². The minimum Gasteiger partial charge on any atom is -0.402 e. The van der Waals surface area contributed by atoms with Crippen LogP contribution in [0.4, 0.5) is 5.95 Å². The average molecular weight is 227 g/mol. The topological polar surface area (TPSA) is 91.7 Å². The van der Waals surface area contributed by atoms with Gasteiger partial charge in [-0.1, -0.05) is 11.6 Å². The summed E-state index contributed by atoms with van der Waals surface area (Å²) in [5.41, 5.74) is 5.38. The van der Waals surface area contributed by atoms with Gasteiger partial charge in [-0.3, -0.25) is 4.68 Å². The average Bonchev–Trinajstić information content (AvgIpc) is 2.58. The predicted octanol–water partition coefficient (Wildman–Crippen LogP) is 0.633. The Hall–Kier alpha value is -1.89. The van der Waals surface area contributed by atoms with Gasteiger partial charge in [0.05, 0.1) is 6.20 Å². The smallest absolute Gasteiger partial charge is 0.342 e. The molecule has 15 heavy (non-hydrogen) atoms. The van der Waals surface area contributed by atoms with E-state index in [1.807, 2.05) is 0 Å². The van der Waals surface area contributed by atoms with Crippen molar-refractivity contribution in [1.82, 2.24) is 24.7 Å². The van der Waals surface area contributed by atoms with Crippen LogP contribution in [-0.2, 0) is 7.05 Å². The van der Waals surface area contributed by atoms with Gasteiger partial charge in [0, 0.05) is 7.05 Å². The number of ether oxygens (including phenoxy) is 1. The molecule has 2 rings (SSSR count). The lowest BCUT2D eigenvalue weighted by molar-refractivity contribution is 0.422. The molecule has 2 aromatic rings. The second-order valence-electron chi connectivity index (χ2n) is 2.68. The summed E-state index contributed by atoms with van der Waals surface area (Å²) in [6.45, 7) is 0. The van der Waals surface area contributed by atoms with Crippen LogP contribution >= 0.6 is 11.6 Å². The molecule has 0 saturated heterocycles. The molecule has 7 nitrogen and oxygen atoms in total. The van der Waals surface area contributed by atoms with Crippen molar-refractivity contribution in [2.75, 3.05) is 5.73 Å². The van der Waals surface area contributed by atoms with Gasteiger partial charge in [0.15, 0.2) is 0 Å². The van der Waals surface area contributed by atoms with Crippen molar-refractivity contribution in [3.05, 3.63) is 17.5 Å². The fourth-order valence-electron chi connectivity index (χ4n) is 0.889. The van der Waals surface area contributed by atoms with Gasteiger partial charge < -0.3 is 10.5 Å². The lowest BCUT2D eigenvalue weighted by atomic mass is 10.6. The third-order valence-electron chi connectivity index (χ3n) is 1.50. The van der Waals surface area contributed by atoms with E-state index < -0.39 is 0 Å². The number of nitrogens with two attached hydrogens (primary N) is 1. The molecular weight excluding hydrogens is 220 g/mol. The highest BCUT2D eigenvalue weighted by molar-refractivity contribution is 6.31. The number of aryl methyl sites for hydroxylation is 1. The number of nitrogens with zero attached hydrogens (tertiary/aromatic N) is 5. The Kier molecular flexibility index (Phi) is 2.38. The molecule has 2 N–H and O–H groups in total. The molecule has 2 heterocycles. The molecule has 0 saturated carbocycles.